The number of nitro benzene ring substituents is 1. The normalized spacial score (nSPS) is 19.0. The highest BCUT2D eigenvalue weighted by Gasteiger charge is 2.19. The molecule has 104 valence electrons. The van der Waals surface area contributed by atoms with Crippen molar-refractivity contribution < 1.29 is 9.66 Å². The van der Waals surface area contributed by atoms with Gasteiger partial charge in [-0.25, -0.2) is 0 Å². The summed E-state index contributed by atoms with van der Waals surface area (Å²) in [5, 5.41) is 11.2. The quantitative estimate of drug-likeness (QED) is 0.599. The molecule has 1 heterocycles. The Morgan fingerprint density at radius 3 is 2.84 bits per heavy atom. The number of hydrogen-bond donors (Lipinski definition) is 0. The van der Waals surface area contributed by atoms with E-state index in [1.54, 1.807) is 6.07 Å². The number of hydrogen-bond acceptors (Lipinski definition) is 3. The number of benzene rings is 1. The van der Waals surface area contributed by atoms with E-state index in [-0.39, 0.29) is 16.7 Å². The van der Waals surface area contributed by atoms with Gasteiger partial charge in [0.1, 0.15) is 0 Å². The monoisotopic (exact) mass is 263 g/mol. The van der Waals surface area contributed by atoms with Crippen LogP contribution in [0.15, 0.2) is 18.2 Å². The summed E-state index contributed by atoms with van der Waals surface area (Å²) >= 11 is 0. The smallest absolute Gasteiger partial charge is 0.272 e. The van der Waals surface area contributed by atoms with Crippen LogP contribution >= 0.6 is 0 Å². The van der Waals surface area contributed by atoms with Crippen molar-refractivity contribution >= 4 is 5.69 Å². The number of aryl methyl sites for hydroxylation is 1. The Kier molecular flexibility index (Phi) is 4.53. The maximum absolute atomic E-state index is 11.2. The van der Waals surface area contributed by atoms with Crippen LogP contribution in [0.5, 0.6) is 0 Å². The molecular formula is C15H21NO3. The van der Waals surface area contributed by atoms with Crippen molar-refractivity contribution in [3.8, 4) is 0 Å². The number of nitrogens with zero attached hydrogens (tertiary/aromatic N) is 1. The topological polar surface area (TPSA) is 52.4 Å². The van der Waals surface area contributed by atoms with E-state index in [2.05, 4.69) is 0 Å². The summed E-state index contributed by atoms with van der Waals surface area (Å²) in [6.45, 7) is 4.93. The zero-order chi connectivity index (χ0) is 13.8. The highest BCUT2D eigenvalue weighted by molar-refractivity contribution is 5.44. The van der Waals surface area contributed by atoms with E-state index in [1.165, 1.54) is 0 Å². The molecule has 1 fully saturated rings. The van der Waals surface area contributed by atoms with Gasteiger partial charge in [-0.1, -0.05) is 26.0 Å². The highest BCUT2D eigenvalue weighted by Crippen LogP contribution is 2.27. The van der Waals surface area contributed by atoms with Crippen molar-refractivity contribution in [3.63, 3.8) is 0 Å². The maximum Gasteiger partial charge on any atom is 0.272 e. The lowest BCUT2D eigenvalue weighted by molar-refractivity contribution is -0.385. The third-order valence-corrected chi connectivity index (χ3v) is 3.73. The van der Waals surface area contributed by atoms with Gasteiger partial charge in [0.05, 0.1) is 11.0 Å². The largest absolute Gasteiger partial charge is 0.378 e. The summed E-state index contributed by atoms with van der Waals surface area (Å²) in [5.74, 6) is 0.311. The molecule has 0 amide bonds. The fourth-order valence-corrected chi connectivity index (χ4v) is 2.51. The number of ether oxygens (including phenoxy) is 1. The lowest BCUT2D eigenvalue weighted by atomic mass is 9.97. The van der Waals surface area contributed by atoms with Gasteiger partial charge in [-0.05, 0) is 37.2 Å². The average Bonchev–Trinajstić information content (AvgIpc) is 2.89. The van der Waals surface area contributed by atoms with Gasteiger partial charge in [0.2, 0.25) is 0 Å². The standard InChI is InChI=1S/C15H21NO3/c1-11(2)13-6-5-12(15(10-13)16(17)18)7-8-14-4-3-9-19-14/h5-6,10-11,14H,3-4,7-9H2,1-2H3. The Morgan fingerprint density at radius 1 is 1.47 bits per heavy atom. The van der Waals surface area contributed by atoms with Crippen LogP contribution in [0.25, 0.3) is 0 Å². The molecule has 0 saturated carbocycles. The maximum atomic E-state index is 11.2. The molecule has 19 heavy (non-hydrogen) atoms. The van der Waals surface area contributed by atoms with Crippen LogP contribution in [0.4, 0.5) is 5.69 Å². The molecule has 1 aliphatic rings. The molecule has 1 aliphatic heterocycles. The molecular weight excluding hydrogens is 242 g/mol. The van der Waals surface area contributed by atoms with Crippen molar-refractivity contribution in [3.05, 3.63) is 39.4 Å². The minimum atomic E-state index is -0.267. The summed E-state index contributed by atoms with van der Waals surface area (Å²) in [4.78, 5) is 10.9. The minimum absolute atomic E-state index is 0.254. The fraction of sp³-hybridized carbons (Fsp3) is 0.600. The average molecular weight is 263 g/mol. The Morgan fingerprint density at radius 2 is 2.26 bits per heavy atom. The first-order valence-corrected chi connectivity index (χ1v) is 6.96. The van der Waals surface area contributed by atoms with E-state index in [9.17, 15) is 10.1 Å². The van der Waals surface area contributed by atoms with E-state index in [4.69, 9.17) is 4.74 Å². The molecule has 4 heteroatoms. The molecule has 0 radical (unpaired) electrons. The molecule has 1 saturated heterocycles. The van der Waals surface area contributed by atoms with Gasteiger partial charge >= 0.3 is 0 Å². The lowest BCUT2D eigenvalue weighted by Crippen LogP contribution is -2.07. The Balaban J connectivity index is 2.11. The first-order valence-electron chi connectivity index (χ1n) is 6.96. The van der Waals surface area contributed by atoms with Gasteiger partial charge in [-0.3, -0.25) is 10.1 Å². The predicted molar refractivity (Wildman–Crippen MR) is 74.5 cm³/mol. The summed E-state index contributed by atoms with van der Waals surface area (Å²) in [6, 6.07) is 5.63. The Hall–Kier alpha value is -1.42. The van der Waals surface area contributed by atoms with Crippen LogP contribution < -0.4 is 0 Å². The van der Waals surface area contributed by atoms with E-state index in [0.717, 1.165) is 43.4 Å². The first kappa shape index (κ1) is 14.0. The van der Waals surface area contributed by atoms with Crippen LogP contribution in [0.2, 0.25) is 0 Å². The van der Waals surface area contributed by atoms with Crippen molar-refractivity contribution in [2.24, 2.45) is 0 Å². The summed E-state index contributed by atoms with van der Waals surface area (Å²) in [6.07, 6.45) is 4.07. The number of rotatable bonds is 5. The van der Waals surface area contributed by atoms with Gasteiger partial charge in [0.25, 0.3) is 5.69 Å². The van der Waals surface area contributed by atoms with Gasteiger partial charge < -0.3 is 4.74 Å². The molecule has 1 aromatic carbocycles. The van der Waals surface area contributed by atoms with Crippen molar-refractivity contribution in [1.82, 2.24) is 0 Å². The van der Waals surface area contributed by atoms with E-state index < -0.39 is 0 Å². The Labute approximate surface area is 113 Å². The zero-order valence-corrected chi connectivity index (χ0v) is 11.6. The summed E-state index contributed by atoms with van der Waals surface area (Å²) in [7, 11) is 0. The second kappa shape index (κ2) is 6.15. The van der Waals surface area contributed by atoms with Crippen LogP contribution in [0.3, 0.4) is 0 Å². The van der Waals surface area contributed by atoms with Crippen molar-refractivity contribution in [1.29, 1.82) is 0 Å². The SMILES string of the molecule is CC(C)c1ccc(CCC2CCCO2)c([N+](=O)[O-])c1. The third kappa shape index (κ3) is 3.53. The van der Waals surface area contributed by atoms with Gasteiger partial charge in [-0.2, -0.15) is 0 Å². The fourth-order valence-electron chi connectivity index (χ4n) is 2.51. The lowest BCUT2D eigenvalue weighted by Gasteiger charge is -2.11. The van der Waals surface area contributed by atoms with Crippen molar-refractivity contribution in [2.45, 2.75) is 51.6 Å². The second-order valence-corrected chi connectivity index (χ2v) is 5.47. The molecule has 0 aliphatic carbocycles. The zero-order valence-electron chi connectivity index (χ0n) is 11.6. The second-order valence-electron chi connectivity index (χ2n) is 5.47. The van der Waals surface area contributed by atoms with Gasteiger partial charge in [0, 0.05) is 18.2 Å². The van der Waals surface area contributed by atoms with Gasteiger partial charge in [-0.15, -0.1) is 0 Å². The minimum Gasteiger partial charge on any atom is -0.378 e. The van der Waals surface area contributed by atoms with Crippen LogP contribution in [0.1, 0.15) is 50.2 Å². The van der Waals surface area contributed by atoms with Crippen LogP contribution in [0, 0.1) is 10.1 Å². The molecule has 2 rings (SSSR count). The number of nitro groups is 1. The van der Waals surface area contributed by atoms with Crippen molar-refractivity contribution in [2.75, 3.05) is 6.61 Å². The summed E-state index contributed by atoms with van der Waals surface area (Å²) in [5.41, 5.74) is 2.10. The van der Waals surface area contributed by atoms with Gasteiger partial charge in [0.15, 0.2) is 0 Å². The molecule has 4 nitrogen and oxygen atoms in total. The molecule has 0 spiro atoms. The molecule has 0 N–H and O–H groups in total. The highest BCUT2D eigenvalue weighted by atomic mass is 16.6. The van der Waals surface area contributed by atoms with Crippen LogP contribution in [-0.2, 0) is 11.2 Å². The summed E-state index contributed by atoms with van der Waals surface area (Å²) < 4.78 is 5.57. The first-order chi connectivity index (χ1) is 9.08. The molecule has 1 aromatic rings. The van der Waals surface area contributed by atoms with E-state index in [0.29, 0.717) is 5.92 Å². The molecule has 0 bridgehead atoms. The third-order valence-electron chi connectivity index (χ3n) is 3.73. The predicted octanol–water partition coefficient (Wildman–Crippen LogP) is 3.83. The van der Waals surface area contributed by atoms with E-state index >= 15 is 0 Å². The van der Waals surface area contributed by atoms with E-state index in [1.807, 2.05) is 26.0 Å². The molecule has 1 unspecified atom stereocenters. The van der Waals surface area contributed by atoms with Crippen LogP contribution in [-0.4, -0.2) is 17.6 Å². The molecule has 1 atom stereocenters. The Bertz CT molecular complexity index is 451. The molecule has 0 aromatic heterocycles.